The number of quaternary nitrogens is 1. The molecule has 6 heteroatoms. The molecule has 0 amide bonds. The van der Waals surface area contributed by atoms with Crippen LogP contribution in [0.15, 0.2) is 0 Å². The standard InChI is InChI=1S/C24H51NO4P/c1-5-6-7-8-9-10-11-12-13-14-15-16-17-18-19-30(28)24(20-25(2,3)4)29-22-23(27)21-26/h23,26-27H,5-22H2,1-4H3/q+1. The molecule has 180 valence electrons. The average molecular weight is 449 g/mol. The van der Waals surface area contributed by atoms with E-state index in [1.165, 1.54) is 77.0 Å². The van der Waals surface area contributed by atoms with E-state index < -0.39 is 13.9 Å². The maximum absolute atomic E-state index is 12.7. The maximum atomic E-state index is 12.7. The molecule has 0 aromatic rings. The van der Waals surface area contributed by atoms with Gasteiger partial charge in [0.2, 0.25) is 0 Å². The Labute approximate surface area is 187 Å². The summed E-state index contributed by atoms with van der Waals surface area (Å²) in [5.74, 6) is 0. The highest BCUT2D eigenvalue weighted by atomic mass is 31.1. The summed E-state index contributed by atoms with van der Waals surface area (Å²) in [5.41, 5.74) is 0.569. The topological polar surface area (TPSA) is 72.8 Å². The molecule has 2 atom stereocenters. The maximum Gasteiger partial charge on any atom is 0.276 e. The van der Waals surface area contributed by atoms with E-state index in [-0.39, 0.29) is 13.2 Å². The molecule has 0 saturated heterocycles. The third-order valence-corrected chi connectivity index (χ3v) is 6.80. The summed E-state index contributed by atoms with van der Waals surface area (Å²) in [4.78, 5) is 12.7. The fraction of sp³-hybridized carbons (Fsp3) is 0.958. The average Bonchev–Trinajstić information content (AvgIpc) is 2.70. The van der Waals surface area contributed by atoms with Crippen LogP contribution in [0.25, 0.3) is 0 Å². The van der Waals surface area contributed by atoms with E-state index in [2.05, 4.69) is 6.92 Å². The Morgan fingerprint density at radius 2 is 1.27 bits per heavy atom. The van der Waals surface area contributed by atoms with Crippen LogP contribution in [0.1, 0.15) is 96.8 Å². The van der Waals surface area contributed by atoms with Crippen molar-refractivity contribution >= 4 is 13.3 Å². The van der Waals surface area contributed by atoms with Gasteiger partial charge in [0.15, 0.2) is 6.54 Å². The van der Waals surface area contributed by atoms with Crippen LogP contribution in [0.5, 0.6) is 0 Å². The van der Waals surface area contributed by atoms with Crippen molar-refractivity contribution in [3.8, 4) is 0 Å². The number of nitrogens with zero attached hydrogens (tertiary/aromatic N) is 1. The first-order chi connectivity index (χ1) is 14.3. The normalized spacial score (nSPS) is 14.1. The molecule has 0 spiro atoms. The molecule has 0 saturated carbocycles. The van der Waals surface area contributed by atoms with Crippen LogP contribution < -0.4 is 4.89 Å². The Hall–Kier alpha value is -0.0300. The Balaban J connectivity index is 3.85. The van der Waals surface area contributed by atoms with Crippen molar-refractivity contribution in [3.05, 3.63) is 0 Å². The minimum atomic E-state index is -1.55. The first kappa shape index (κ1) is 30.0. The van der Waals surface area contributed by atoms with Gasteiger partial charge in [-0.3, -0.25) is 0 Å². The van der Waals surface area contributed by atoms with Crippen molar-refractivity contribution in [3.63, 3.8) is 0 Å². The molecule has 0 radical (unpaired) electrons. The lowest BCUT2D eigenvalue weighted by Gasteiger charge is -2.24. The van der Waals surface area contributed by atoms with Crippen molar-refractivity contribution in [2.75, 3.05) is 47.1 Å². The van der Waals surface area contributed by atoms with Crippen LogP contribution in [0.3, 0.4) is 0 Å². The molecule has 30 heavy (non-hydrogen) atoms. The highest BCUT2D eigenvalue weighted by Gasteiger charge is 2.21. The second kappa shape index (κ2) is 19.6. The van der Waals surface area contributed by atoms with Gasteiger partial charge in [0.1, 0.15) is 12.3 Å². The summed E-state index contributed by atoms with van der Waals surface area (Å²) in [5, 5.41) is 18.5. The molecular weight excluding hydrogens is 397 g/mol. The lowest BCUT2D eigenvalue weighted by molar-refractivity contribution is -0.861. The quantitative estimate of drug-likeness (QED) is 0.155. The molecule has 0 aliphatic carbocycles. The SMILES string of the molecule is CCCCCCCCCCCCCCCC[P+]([O-])=C(C[N+](C)(C)C)OCC(O)CO. The van der Waals surface area contributed by atoms with Crippen LogP contribution >= 0.6 is 7.77 Å². The Morgan fingerprint density at radius 3 is 1.67 bits per heavy atom. The van der Waals surface area contributed by atoms with Gasteiger partial charge in [0.25, 0.3) is 5.48 Å². The van der Waals surface area contributed by atoms with Crippen molar-refractivity contribution in [2.45, 2.75) is 103 Å². The van der Waals surface area contributed by atoms with E-state index in [0.29, 0.717) is 22.7 Å². The zero-order valence-corrected chi connectivity index (χ0v) is 21.3. The van der Waals surface area contributed by atoms with Crippen LogP contribution in [-0.2, 0) is 4.74 Å². The predicted octanol–water partition coefficient (Wildman–Crippen LogP) is 4.43. The van der Waals surface area contributed by atoms with E-state index >= 15 is 0 Å². The summed E-state index contributed by atoms with van der Waals surface area (Å²) in [6.45, 7) is 2.49. The second-order valence-corrected chi connectivity index (χ2v) is 11.4. The Kier molecular flexibility index (Phi) is 19.6. The van der Waals surface area contributed by atoms with Gasteiger partial charge >= 0.3 is 0 Å². The van der Waals surface area contributed by atoms with Crippen LogP contribution in [0, 0.1) is 0 Å². The summed E-state index contributed by atoms with van der Waals surface area (Å²) < 4.78 is 6.24. The van der Waals surface area contributed by atoms with Crippen molar-refractivity contribution in [1.29, 1.82) is 0 Å². The number of likely N-dealkylation sites (N-methyl/N-ethyl adjacent to an activating group) is 1. The summed E-state index contributed by atoms with van der Waals surface area (Å²) in [7, 11) is 4.54. The largest absolute Gasteiger partial charge is 0.628 e. The lowest BCUT2D eigenvalue weighted by Crippen LogP contribution is -2.41. The molecule has 0 aromatic heterocycles. The van der Waals surface area contributed by atoms with Gasteiger partial charge in [0, 0.05) is 0 Å². The van der Waals surface area contributed by atoms with Gasteiger partial charge < -0.3 is 24.3 Å². The fourth-order valence-corrected chi connectivity index (χ4v) is 4.98. The van der Waals surface area contributed by atoms with Gasteiger partial charge in [0.05, 0.1) is 42.1 Å². The van der Waals surface area contributed by atoms with Crippen LogP contribution in [-0.4, -0.2) is 73.3 Å². The molecule has 0 aromatic carbocycles. The second-order valence-electron chi connectivity index (χ2n) is 9.69. The minimum Gasteiger partial charge on any atom is -0.628 e. The number of aliphatic hydroxyl groups is 2. The number of unbranched alkanes of at least 4 members (excludes halogenated alkanes) is 13. The van der Waals surface area contributed by atoms with E-state index in [4.69, 9.17) is 9.84 Å². The van der Waals surface area contributed by atoms with E-state index in [0.717, 1.165) is 12.8 Å². The van der Waals surface area contributed by atoms with Gasteiger partial charge in [-0.25, -0.2) is 0 Å². The molecule has 2 N–H and O–H groups in total. The molecule has 2 unspecified atom stereocenters. The van der Waals surface area contributed by atoms with Crippen LogP contribution in [0.4, 0.5) is 0 Å². The molecule has 0 fully saturated rings. The number of hydrogen-bond donors (Lipinski definition) is 2. The van der Waals surface area contributed by atoms with Gasteiger partial charge in [-0.05, 0) is 12.8 Å². The zero-order valence-electron chi connectivity index (χ0n) is 20.4. The van der Waals surface area contributed by atoms with Gasteiger partial charge in [-0.2, -0.15) is 0 Å². The molecule has 0 aliphatic rings. The highest BCUT2D eigenvalue weighted by Crippen LogP contribution is 2.20. The third-order valence-electron chi connectivity index (χ3n) is 5.26. The summed E-state index contributed by atoms with van der Waals surface area (Å²) in [6, 6.07) is 0. The number of aliphatic hydroxyl groups excluding tert-OH is 2. The smallest absolute Gasteiger partial charge is 0.276 e. The first-order valence-electron chi connectivity index (χ1n) is 12.3. The van der Waals surface area contributed by atoms with E-state index in [1.807, 2.05) is 21.1 Å². The van der Waals surface area contributed by atoms with Crippen molar-refractivity contribution < 1.29 is 24.3 Å². The molecule has 0 aliphatic heterocycles. The minimum absolute atomic E-state index is 0.00560. The van der Waals surface area contributed by atoms with Gasteiger partial charge in [-0.15, -0.1) is 0 Å². The predicted molar refractivity (Wildman–Crippen MR) is 129 cm³/mol. The molecule has 0 bridgehead atoms. The molecule has 5 nitrogen and oxygen atoms in total. The first-order valence-corrected chi connectivity index (χ1v) is 13.8. The van der Waals surface area contributed by atoms with E-state index in [1.54, 1.807) is 0 Å². The van der Waals surface area contributed by atoms with Crippen molar-refractivity contribution in [2.24, 2.45) is 0 Å². The van der Waals surface area contributed by atoms with E-state index in [9.17, 15) is 10.00 Å². The molecular formula is C24H51NO4P+. The third kappa shape index (κ3) is 19.9. The fourth-order valence-electron chi connectivity index (χ4n) is 3.42. The number of ether oxygens (including phenoxy) is 1. The van der Waals surface area contributed by atoms with Gasteiger partial charge in [-0.1, -0.05) is 84.0 Å². The zero-order chi connectivity index (χ0) is 22.7. The van der Waals surface area contributed by atoms with Crippen molar-refractivity contribution in [1.82, 2.24) is 0 Å². The summed E-state index contributed by atoms with van der Waals surface area (Å²) in [6.07, 6.45) is 18.1. The van der Waals surface area contributed by atoms with Crippen LogP contribution in [0.2, 0.25) is 0 Å². The molecule has 0 rings (SSSR count). The Bertz CT molecular complexity index is 424. The molecule has 0 heterocycles. The Morgan fingerprint density at radius 1 is 0.833 bits per heavy atom. The number of rotatable bonds is 21. The summed E-state index contributed by atoms with van der Waals surface area (Å²) >= 11 is 0. The highest BCUT2D eigenvalue weighted by molar-refractivity contribution is 7.51. The number of hydrogen-bond acceptors (Lipinski definition) is 4. The monoisotopic (exact) mass is 448 g/mol. The lowest BCUT2D eigenvalue weighted by atomic mass is 10.0.